The molecule has 1 aromatic heterocycles. The highest BCUT2D eigenvalue weighted by molar-refractivity contribution is 7.13. The number of esters is 1. The smallest absolute Gasteiger partial charge is 0.466 e. The third-order valence-electron chi connectivity index (χ3n) is 2.77. The molecule has 1 N–H and O–H groups in total. The summed E-state index contributed by atoms with van der Waals surface area (Å²) in [5.41, 5.74) is 3.02. The number of alkyl halides is 3. The van der Waals surface area contributed by atoms with Crippen LogP contribution in [0.15, 0.2) is 28.7 Å². The standard InChI is InChI=1S/C15H13ClF3N3O3S/c1-2-24-13(23)6-9-8-26-14(21-9)22-20-7-10-11(16)4-3-5-12(10)25-15(17,18)19/h3-5,7-8H,2,6H2,1H3,(H,21,22). The fourth-order valence-corrected chi connectivity index (χ4v) is 2.68. The molecule has 0 spiro atoms. The Balaban J connectivity index is 2.05. The van der Waals surface area contributed by atoms with Gasteiger partial charge in [0.05, 0.1) is 35.5 Å². The van der Waals surface area contributed by atoms with Gasteiger partial charge in [0.1, 0.15) is 5.75 Å². The Hall–Kier alpha value is -2.33. The lowest BCUT2D eigenvalue weighted by Crippen LogP contribution is -2.18. The number of rotatable bonds is 7. The van der Waals surface area contributed by atoms with Crippen molar-refractivity contribution >= 4 is 40.3 Å². The molecule has 6 nitrogen and oxygen atoms in total. The quantitative estimate of drug-likeness (QED) is 0.422. The highest BCUT2D eigenvalue weighted by atomic mass is 35.5. The Morgan fingerprint density at radius 1 is 1.46 bits per heavy atom. The number of ether oxygens (including phenoxy) is 2. The first-order valence-corrected chi connectivity index (χ1v) is 8.47. The van der Waals surface area contributed by atoms with Crippen molar-refractivity contribution in [2.24, 2.45) is 5.10 Å². The molecule has 0 atom stereocenters. The molecule has 140 valence electrons. The van der Waals surface area contributed by atoms with Crippen molar-refractivity contribution < 1.29 is 27.4 Å². The lowest BCUT2D eigenvalue weighted by molar-refractivity contribution is -0.274. The van der Waals surface area contributed by atoms with Crippen molar-refractivity contribution in [3.63, 3.8) is 0 Å². The van der Waals surface area contributed by atoms with Gasteiger partial charge in [-0.1, -0.05) is 17.7 Å². The fourth-order valence-electron chi connectivity index (χ4n) is 1.81. The van der Waals surface area contributed by atoms with Gasteiger partial charge in [-0.2, -0.15) is 5.10 Å². The number of hydrogen-bond donors (Lipinski definition) is 1. The maximum Gasteiger partial charge on any atom is 0.573 e. The molecule has 0 aliphatic carbocycles. The van der Waals surface area contributed by atoms with Crippen LogP contribution in [0.1, 0.15) is 18.2 Å². The highest BCUT2D eigenvalue weighted by Gasteiger charge is 2.32. The van der Waals surface area contributed by atoms with Gasteiger partial charge in [0.15, 0.2) is 0 Å². The largest absolute Gasteiger partial charge is 0.573 e. The van der Waals surface area contributed by atoms with Gasteiger partial charge in [-0.3, -0.25) is 10.2 Å². The number of anilines is 1. The minimum atomic E-state index is -4.85. The number of nitrogens with one attached hydrogen (secondary N) is 1. The Labute approximate surface area is 155 Å². The van der Waals surface area contributed by atoms with Crippen LogP contribution in [-0.4, -0.2) is 30.1 Å². The Kier molecular flexibility index (Phi) is 6.81. The van der Waals surface area contributed by atoms with E-state index in [-0.39, 0.29) is 23.6 Å². The van der Waals surface area contributed by atoms with E-state index in [4.69, 9.17) is 16.3 Å². The molecule has 0 unspecified atom stereocenters. The van der Waals surface area contributed by atoms with Gasteiger partial charge in [0.25, 0.3) is 0 Å². The fraction of sp³-hybridized carbons (Fsp3) is 0.267. The normalized spacial score (nSPS) is 11.6. The average Bonchev–Trinajstić information content (AvgIpc) is 2.96. The average molecular weight is 408 g/mol. The number of halogens is 4. The second-order valence-electron chi connectivity index (χ2n) is 4.70. The van der Waals surface area contributed by atoms with Crippen molar-refractivity contribution in [1.82, 2.24) is 4.98 Å². The summed E-state index contributed by atoms with van der Waals surface area (Å²) in [6.07, 6.45) is -3.74. The lowest BCUT2D eigenvalue weighted by atomic mass is 10.2. The van der Waals surface area contributed by atoms with E-state index in [9.17, 15) is 18.0 Å². The van der Waals surface area contributed by atoms with Crippen LogP contribution in [-0.2, 0) is 16.0 Å². The van der Waals surface area contributed by atoms with Crippen LogP contribution in [0.2, 0.25) is 5.02 Å². The molecule has 0 aliphatic heterocycles. The Morgan fingerprint density at radius 3 is 2.92 bits per heavy atom. The van der Waals surface area contributed by atoms with Crippen molar-refractivity contribution in [2.75, 3.05) is 12.0 Å². The first-order valence-electron chi connectivity index (χ1n) is 7.22. The Bertz CT molecular complexity index is 796. The molecule has 0 saturated carbocycles. The van der Waals surface area contributed by atoms with Gasteiger partial charge in [-0.25, -0.2) is 4.98 Å². The summed E-state index contributed by atoms with van der Waals surface area (Å²) in [6.45, 7) is 1.98. The van der Waals surface area contributed by atoms with E-state index in [0.717, 1.165) is 12.3 Å². The number of carbonyl (C=O) groups is 1. The maximum atomic E-state index is 12.4. The molecule has 26 heavy (non-hydrogen) atoms. The van der Waals surface area contributed by atoms with E-state index in [1.165, 1.54) is 23.5 Å². The molecule has 2 rings (SSSR count). The van der Waals surface area contributed by atoms with Crippen LogP contribution >= 0.6 is 22.9 Å². The van der Waals surface area contributed by atoms with E-state index in [2.05, 4.69) is 20.2 Å². The van der Waals surface area contributed by atoms with Crippen LogP contribution in [0.5, 0.6) is 5.75 Å². The number of thiazole rings is 1. The van der Waals surface area contributed by atoms with Crippen LogP contribution in [0.25, 0.3) is 0 Å². The molecule has 0 bridgehead atoms. The van der Waals surface area contributed by atoms with Crippen molar-refractivity contribution in [3.05, 3.63) is 39.9 Å². The molecular formula is C15H13ClF3N3O3S. The minimum absolute atomic E-state index is 0.0177. The van der Waals surface area contributed by atoms with Crippen molar-refractivity contribution in [1.29, 1.82) is 0 Å². The van der Waals surface area contributed by atoms with Crippen LogP contribution in [0.3, 0.4) is 0 Å². The zero-order chi connectivity index (χ0) is 19.2. The zero-order valence-electron chi connectivity index (χ0n) is 13.3. The summed E-state index contributed by atoms with van der Waals surface area (Å²) in [6, 6.07) is 3.87. The number of carbonyl (C=O) groups excluding carboxylic acids is 1. The second-order valence-corrected chi connectivity index (χ2v) is 5.96. The molecular weight excluding hydrogens is 395 g/mol. The molecule has 1 aromatic carbocycles. The molecule has 0 saturated heterocycles. The molecule has 1 heterocycles. The zero-order valence-corrected chi connectivity index (χ0v) is 14.9. The first-order chi connectivity index (χ1) is 12.3. The van der Waals surface area contributed by atoms with Crippen LogP contribution in [0, 0.1) is 0 Å². The Morgan fingerprint density at radius 2 is 2.23 bits per heavy atom. The summed E-state index contributed by atoms with van der Waals surface area (Å²) < 4.78 is 46.0. The number of hydrogen-bond acceptors (Lipinski definition) is 7. The third-order valence-corrected chi connectivity index (χ3v) is 3.90. The van der Waals surface area contributed by atoms with Crippen molar-refractivity contribution in [2.45, 2.75) is 19.7 Å². The number of benzene rings is 1. The summed E-state index contributed by atoms with van der Waals surface area (Å²) in [5, 5.41) is 5.85. The van der Waals surface area contributed by atoms with Gasteiger partial charge in [-0.05, 0) is 19.1 Å². The van der Waals surface area contributed by atoms with Crippen LogP contribution in [0.4, 0.5) is 18.3 Å². The second kappa shape index (κ2) is 8.86. The van der Waals surface area contributed by atoms with E-state index < -0.39 is 18.1 Å². The predicted octanol–water partition coefficient (Wildman–Crippen LogP) is 4.25. The summed E-state index contributed by atoms with van der Waals surface area (Å²) >= 11 is 7.08. The van der Waals surface area contributed by atoms with E-state index >= 15 is 0 Å². The van der Waals surface area contributed by atoms with Gasteiger partial charge in [-0.15, -0.1) is 24.5 Å². The van der Waals surface area contributed by atoms with E-state index in [0.29, 0.717) is 10.8 Å². The van der Waals surface area contributed by atoms with Gasteiger partial charge >= 0.3 is 12.3 Å². The van der Waals surface area contributed by atoms with Crippen LogP contribution < -0.4 is 10.2 Å². The van der Waals surface area contributed by atoms with Crippen molar-refractivity contribution in [3.8, 4) is 5.75 Å². The molecule has 0 aliphatic rings. The SMILES string of the molecule is CCOC(=O)Cc1csc(NN=Cc2c(Cl)cccc2OC(F)(F)F)n1. The minimum Gasteiger partial charge on any atom is -0.466 e. The van der Waals surface area contributed by atoms with Gasteiger partial charge in [0, 0.05) is 5.38 Å². The van der Waals surface area contributed by atoms with E-state index in [1.807, 2.05) is 0 Å². The molecule has 0 radical (unpaired) electrons. The lowest BCUT2D eigenvalue weighted by Gasteiger charge is -2.11. The first kappa shape index (κ1) is 20.0. The predicted molar refractivity (Wildman–Crippen MR) is 91.8 cm³/mol. The summed E-state index contributed by atoms with van der Waals surface area (Å²) in [4.78, 5) is 15.5. The maximum absolute atomic E-state index is 12.4. The number of aromatic nitrogens is 1. The molecule has 0 amide bonds. The van der Waals surface area contributed by atoms with E-state index in [1.54, 1.807) is 12.3 Å². The number of hydrazone groups is 1. The highest BCUT2D eigenvalue weighted by Crippen LogP contribution is 2.29. The van der Waals surface area contributed by atoms with Gasteiger partial charge < -0.3 is 9.47 Å². The summed E-state index contributed by atoms with van der Waals surface area (Å²) in [5.74, 6) is -0.879. The molecule has 2 aromatic rings. The topological polar surface area (TPSA) is 72.8 Å². The monoisotopic (exact) mass is 407 g/mol. The molecule has 11 heteroatoms. The van der Waals surface area contributed by atoms with Gasteiger partial charge in [0.2, 0.25) is 5.13 Å². The molecule has 0 fully saturated rings. The summed E-state index contributed by atoms with van der Waals surface area (Å²) in [7, 11) is 0. The third kappa shape index (κ3) is 6.19. The number of nitrogens with zero attached hydrogens (tertiary/aromatic N) is 2.